The predicted octanol–water partition coefficient (Wildman–Crippen LogP) is 5.31. The van der Waals surface area contributed by atoms with E-state index in [2.05, 4.69) is 28.1 Å². The summed E-state index contributed by atoms with van der Waals surface area (Å²) in [6.45, 7) is 2.05. The topological polar surface area (TPSA) is 26.0 Å². The summed E-state index contributed by atoms with van der Waals surface area (Å²) < 4.78 is 1.03. The highest BCUT2D eigenvalue weighted by Gasteiger charge is 2.13. The second-order valence-electron chi connectivity index (χ2n) is 4.57. The molecule has 0 saturated carbocycles. The molecule has 1 atom stereocenters. The van der Waals surface area contributed by atoms with Crippen molar-refractivity contribution in [1.29, 1.82) is 0 Å². The lowest BCUT2D eigenvalue weighted by atomic mass is 9.98. The maximum absolute atomic E-state index is 6.26. The molecule has 0 saturated heterocycles. The zero-order valence-corrected chi connectivity index (χ0v) is 13.6. The van der Waals surface area contributed by atoms with Gasteiger partial charge in [-0.05, 0) is 54.3 Å². The van der Waals surface area contributed by atoms with Crippen LogP contribution in [0.15, 0.2) is 40.9 Å². The van der Waals surface area contributed by atoms with Gasteiger partial charge in [0.1, 0.15) is 0 Å². The standard InChI is InChI=1S/C15H14BrCl2N/c1-9-5-10(7-11(16)6-9)15(19)8-12-13(17)3-2-4-14(12)18/h2-7,15H,8,19H2,1H3. The van der Waals surface area contributed by atoms with Crippen molar-refractivity contribution >= 4 is 39.1 Å². The first-order chi connectivity index (χ1) is 8.97. The Balaban J connectivity index is 2.28. The Hall–Kier alpha value is -0.540. The number of aryl methyl sites for hydroxylation is 1. The van der Waals surface area contributed by atoms with Gasteiger partial charge in [0.05, 0.1) is 0 Å². The fourth-order valence-electron chi connectivity index (χ4n) is 2.04. The van der Waals surface area contributed by atoms with Crippen LogP contribution in [0, 0.1) is 6.92 Å². The monoisotopic (exact) mass is 357 g/mol. The molecule has 0 fully saturated rings. The molecule has 100 valence electrons. The molecule has 0 spiro atoms. The second-order valence-corrected chi connectivity index (χ2v) is 6.30. The van der Waals surface area contributed by atoms with Gasteiger partial charge in [-0.3, -0.25) is 0 Å². The number of halogens is 3. The van der Waals surface area contributed by atoms with Gasteiger partial charge in [-0.1, -0.05) is 51.3 Å². The zero-order valence-electron chi connectivity index (χ0n) is 10.5. The summed E-state index contributed by atoms with van der Waals surface area (Å²) in [5.74, 6) is 0. The average Bonchev–Trinajstić information content (AvgIpc) is 2.32. The Labute approximate surface area is 131 Å². The Morgan fingerprint density at radius 1 is 1.16 bits per heavy atom. The highest BCUT2D eigenvalue weighted by Crippen LogP contribution is 2.29. The van der Waals surface area contributed by atoms with Crippen LogP contribution in [0.1, 0.15) is 22.7 Å². The predicted molar refractivity (Wildman–Crippen MR) is 86.0 cm³/mol. The van der Waals surface area contributed by atoms with Gasteiger partial charge in [0.15, 0.2) is 0 Å². The smallest absolute Gasteiger partial charge is 0.0453 e. The molecule has 1 nitrogen and oxygen atoms in total. The maximum Gasteiger partial charge on any atom is 0.0453 e. The molecular formula is C15H14BrCl2N. The molecule has 2 aromatic carbocycles. The fourth-order valence-corrected chi connectivity index (χ4v) is 3.22. The van der Waals surface area contributed by atoms with Crippen LogP contribution in [0.25, 0.3) is 0 Å². The number of nitrogens with two attached hydrogens (primary N) is 1. The summed E-state index contributed by atoms with van der Waals surface area (Å²) in [7, 11) is 0. The molecule has 2 aromatic rings. The fraction of sp³-hybridized carbons (Fsp3) is 0.200. The van der Waals surface area contributed by atoms with Crippen molar-refractivity contribution < 1.29 is 0 Å². The number of hydrogen-bond acceptors (Lipinski definition) is 1. The van der Waals surface area contributed by atoms with Crippen LogP contribution < -0.4 is 5.73 Å². The van der Waals surface area contributed by atoms with Crippen molar-refractivity contribution in [3.8, 4) is 0 Å². The SMILES string of the molecule is Cc1cc(Br)cc(C(N)Cc2c(Cl)cccc2Cl)c1. The number of benzene rings is 2. The lowest BCUT2D eigenvalue weighted by molar-refractivity contribution is 0.721. The van der Waals surface area contributed by atoms with E-state index in [0.717, 1.165) is 15.6 Å². The van der Waals surface area contributed by atoms with Gasteiger partial charge in [0, 0.05) is 20.6 Å². The first-order valence-electron chi connectivity index (χ1n) is 5.93. The first kappa shape index (κ1) is 14.9. The minimum atomic E-state index is -0.131. The van der Waals surface area contributed by atoms with Crippen molar-refractivity contribution in [1.82, 2.24) is 0 Å². The Kier molecular flexibility index (Phi) is 4.91. The zero-order chi connectivity index (χ0) is 14.0. The van der Waals surface area contributed by atoms with Crippen LogP contribution >= 0.6 is 39.1 Å². The third-order valence-electron chi connectivity index (χ3n) is 2.98. The molecule has 0 bridgehead atoms. The van der Waals surface area contributed by atoms with Crippen molar-refractivity contribution in [2.75, 3.05) is 0 Å². The summed E-state index contributed by atoms with van der Waals surface area (Å²) in [5, 5.41) is 1.32. The average molecular weight is 359 g/mol. The molecular weight excluding hydrogens is 345 g/mol. The Morgan fingerprint density at radius 2 is 1.79 bits per heavy atom. The van der Waals surface area contributed by atoms with Gasteiger partial charge < -0.3 is 5.73 Å². The number of hydrogen-bond donors (Lipinski definition) is 1. The van der Waals surface area contributed by atoms with E-state index >= 15 is 0 Å². The molecule has 0 aliphatic rings. The molecule has 4 heteroatoms. The minimum Gasteiger partial charge on any atom is -0.324 e. The van der Waals surface area contributed by atoms with Crippen molar-refractivity contribution in [2.24, 2.45) is 5.73 Å². The van der Waals surface area contributed by atoms with Crippen LogP contribution in [-0.4, -0.2) is 0 Å². The van der Waals surface area contributed by atoms with Crippen LogP contribution in [0.5, 0.6) is 0 Å². The van der Waals surface area contributed by atoms with Crippen LogP contribution in [0.4, 0.5) is 0 Å². The first-order valence-corrected chi connectivity index (χ1v) is 7.48. The van der Waals surface area contributed by atoms with Gasteiger partial charge in [-0.25, -0.2) is 0 Å². The van der Waals surface area contributed by atoms with Crippen molar-refractivity contribution in [3.63, 3.8) is 0 Å². The summed E-state index contributed by atoms with van der Waals surface area (Å²) in [6, 6.07) is 11.5. The van der Waals surface area contributed by atoms with Gasteiger partial charge in [0.2, 0.25) is 0 Å². The maximum atomic E-state index is 6.26. The van der Waals surface area contributed by atoms with Crippen LogP contribution in [0.3, 0.4) is 0 Å². The van der Waals surface area contributed by atoms with E-state index in [4.69, 9.17) is 28.9 Å². The van der Waals surface area contributed by atoms with Crippen molar-refractivity contribution in [3.05, 3.63) is 67.6 Å². The molecule has 2 N–H and O–H groups in total. The molecule has 0 aliphatic carbocycles. The van der Waals surface area contributed by atoms with Crippen LogP contribution in [0.2, 0.25) is 10.0 Å². The molecule has 0 aliphatic heterocycles. The molecule has 0 aromatic heterocycles. The van der Waals surface area contributed by atoms with E-state index in [1.165, 1.54) is 5.56 Å². The van der Waals surface area contributed by atoms with E-state index < -0.39 is 0 Å². The highest BCUT2D eigenvalue weighted by molar-refractivity contribution is 9.10. The van der Waals surface area contributed by atoms with E-state index in [9.17, 15) is 0 Å². The third kappa shape index (κ3) is 3.73. The number of rotatable bonds is 3. The van der Waals surface area contributed by atoms with E-state index in [1.54, 1.807) is 0 Å². The van der Waals surface area contributed by atoms with Gasteiger partial charge in [0.25, 0.3) is 0 Å². The Morgan fingerprint density at radius 3 is 2.37 bits per heavy atom. The van der Waals surface area contributed by atoms with E-state index in [0.29, 0.717) is 16.5 Å². The lowest BCUT2D eigenvalue weighted by Crippen LogP contribution is -2.14. The largest absolute Gasteiger partial charge is 0.324 e. The van der Waals surface area contributed by atoms with Gasteiger partial charge >= 0.3 is 0 Å². The molecule has 1 unspecified atom stereocenters. The molecule has 0 heterocycles. The quantitative estimate of drug-likeness (QED) is 0.790. The van der Waals surface area contributed by atoms with Crippen LogP contribution in [-0.2, 0) is 6.42 Å². The summed E-state index contributed by atoms with van der Waals surface area (Å²) >= 11 is 15.8. The van der Waals surface area contributed by atoms with E-state index in [-0.39, 0.29) is 6.04 Å². The molecule has 2 rings (SSSR count). The summed E-state index contributed by atoms with van der Waals surface area (Å²) in [6.07, 6.45) is 0.619. The normalized spacial score (nSPS) is 12.5. The second kappa shape index (κ2) is 6.27. The lowest BCUT2D eigenvalue weighted by Gasteiger charge is -2.15. The van der Waals surface area contributed by atoms with Gasteiger partial charge in [-0.15, -0.1) is 0 Å². The Bertz CT molecular complexity index is 558. The summed E-state index contributed by atoms with van der Waals surface area (Å²) in [4.78, 5) is 0. The van der Waals surface area contributed by atoms with Gasteiger partial charge in [-0.2, -0.15) is 0 Å². The molecule has 0 radical (unpaired) electrons. The minimum absolute atomic E-state index is 0.131. The van der Waals surface area contributed by atoms with E-state index in [1.807, 2.05) is 31.2 Å². The van der Waals surface area contributed by atoms with Crippen molar-refractivity contribution in [2.45, 2.75) is 19.4 Å². The third-order valence-corrected chi connectivity index (χ3v) is 4.14. The summed E-state index contributed by atoms with van der Waals surface area (Å²) in [5.41, 5.74) is 9.41. The molecule has 0 amide bonds. The highest BCUT2D eigenvalue weighted by atomic mass is 79.9. The molecule has 19 heavy (non-hydrogen) atoms.